The van der Waals surface area contributed by atoms with E-state index in [1.54, 1.807) is 29.2 Å². The van der Waals surface area contributed by atoms with Gasteiger partial charge in [0.05, 0.1) is 22.7 Å². The van der Waals surface area contributed by atoms with Crippen molar-refractivity contribution in [3.8, 4) is 0 Å². The van der Waals surface area contributed by atoms with Gasteiger partial charge in [0.1, 0.15) is 5.82 Å². The maximum absolute atomic E-state index is 14.0. The van der Waals surface area contributed by atoms with E-state index in [1.807, 2.05) is 4.90 Å². The van der Waals surface area contributed by atoms with Gasteiger partial charge in [0.25, 0.3) is 0 Å². The highest BCUT2D eigenvalue weighted by Gasteiger charge is 2.24. The third-order valence-corrected chi connectivity index (χ3v) is 6.89. The van der Waals surface area contributed by atoms with E-state index < -0.39 is 10.0 Å². The molecule has 1 fully saturated rings. The first-order valence-corrected chi connectivity index (χ1v) is 12.5. The zero-order valence-electron chi connectivity index (χ0n) is 17.1. The standard InChI is InChI=1S/C21H24Cl2FN3O3S/c1-31(29,30)27(20-15-16(22)8-9-17(20)23)10-4-7-21(28)26-13-11-25(12-14-26)19-6-3-2-5-18(19)24/h2-3,5-6,8-9,15H,4,7,10-14H2,1H3. The number of para-hydroxylation sites is 1. The Hall–Kier alpha value is -2.03. The van der Waals surface area contributed by atoms with E-state index in [0.29, 0.717) is 49.0 Å². The Morgan fingerprint density at radius 3 is 2.42 bits per heavy atom. The van der Waals surface area contributed by atoms with E-state index in [1.165, 1.54) is 22.5 Å². The average Bonchev–Trinajstić information content (AvgIpc) is 2.73. The molecule has 1 saturated heterocycles. The summed E-state index contributed by atoms with van der Waals surface area (Å²) in [5.74, 6) is -0.332. The Labute approximate surface area is 192 Å². The van der Waals surface area contributed by atoms with Crippen LogP contribution in [0.25, 0.3) is 0 Å². The fourth-order valence-electron chi connectivity index (χ4n) is 3.58. The molecule has 1 amide bonds. The Kier molecular flexibility index (Phi) is 7.67. The number of carbonyl (C=O) groups is 1. The molecule has 1 aliphatic rings. The number of hydrogen-bond acceptors (Lipinski definition) is 4. The molecule has 6 nitrogen and oxygen atoms in total. The number of rotatable bonds is 7. The summed E-state index contributed by atoms with van der Waals surface area (Å²) >= 11 is 12.2. The van der Waals surface area contributed by atoms with Gasteiger partial charge in [-0.15, -0.1) is 0 Å². The predicted octanol–water partition coefficient (Wildman–Crippen LogP) is 4.03. The second-order valence-electron chi connectivity index (χ2n) is 7.35. The van der Waals surface area contributed by atoms with Crippen molar-refractivity contribution < 1.29 is 17.6 Å². The van der Waals surface area contributed by atoms with Crippen LogP contribution < -0.4 is 9.21 Å². The van der Waals surface area contributed by atoms with Gasteiger partial charge in [-0.2, -0.15) is 0 Å². The molecule has 0 spiro atoms. The van der Waals surface area contributed by atoms with Crippen LogP contribution in [0.3, 0.4) is 0 Å². The van der Waals surface area contributed by atoms with Crippen LogP contribution in [0.4, 0.5) is 15.8 Å². The summed E-state index contributed by atoms with van der Waals surface area (Å²) in [4.78, 5) is 16.3. The van der Waals surface area contributed by atoms with Crippen LogP contribution in [0.1, 0.15) is 12.8 Å². The smallest absolute Gasteiger partial charge is 0.232 e. The Balaban J connectivity index is 1.55. The van der Waals surface area contributed by atoms with Crippen LogP contribution in [0, 0.1) is 5.82 Å². The van der Waals surface area contributed by atoms with Crippen LogP contribution in [-0.2, 0) is 14.8 Å². The molecular weight excluding hydrogens is 464 g/mol. The summed E-state index contributed by atoms with van der Waals surface area (Å²) in [7, 11) is -3.60. The van der Waals surface area contributed by atoms with Gasteiger partial charge in [-0.05, 0) is 36.8 Å². The third kappa shape index (κ3) is 6.02. The fourth-order valence-corrected chi connectivity index (χ4v) is 4.98. The lowest BCUT2D eigenvalue weighted by Crippen LogP contribution is -2.49. The second-order valence-corrected chi connectivity index (χ2v) is 10.1. The second kappa shape index (κ2) is 10.1. The minimum atomic E-state index is -3.60. The molecule has 2 aromatic carbocycles. The van der Waals surface area contributed by atoms with Crippen molar-refractivity contribution in [2.24, 2.45) is 0 Å². The maximum atomic E-state index is 14.0. The number of sulfonamides is 1. The van der Waals surface area contributed by atoms with Crippen molar-refractivity contribution in [2.75, 3.05) is 48.2 Å². The SMILES string of the molecule is CS(=O)(=O)N(CCCC(=O)N1CCN(c2ccccc2F)CC1)c1cc(Cl)ccc1Cl. The van der Waals surface area contributed by atoms with Crippen molar-refractivity contribution in [3.63, 3.8) is 0 Å². The molecule has 0 bridgehead atoms. The molecule has 168 valence electrons. The number of hydrogen-bond donors (Lipinski definition) is 0. The molecule has 0 aromatic heterocycles. The molecule has 31 heavy (non-hydrogen) atoms. The minimum absolute atomic E-state index is 0.0566. The number of anilines is 2. The van der Waals surface area contributed by atoms with E-state index in [4.69, 9.17) is 23.2 Å². The Morgan fingerprint density at radius 2 is 1.77 bits per heavy atom. The number of halogens is 3. The first-order valence-electron chi connectivity index (χ1n) is 9.87. The zero-order valence-corrected chi connectivity index (χ0v) is 19.4. The van der Waals surface area contributed by atoms with Crippen molar-refractivity contribution in [1.29, 1.82) is 0 Å². The number of nitrogens with zero attached hydrogens (tertiary/aromatic N) is 3. The van der Waals surface area contributed by atoms with Gasteiger partial charge >= 0.3 is 0 Å². The van der Waals surface area contributed by atoms with Gasteiger partial charge in [-0.25, -0.2) is 12.8 Å². The molecular formula is C21H24Cl2FN3O3S. The highest BCUT2D eigenvalue weighted by Crippen LogP contribution is 2.31. The van der Waals surface area contributed by atoms with Crippen LogP contribution >= 0.6 is 23.2 Å². The highest BCUT2D eigenvalue weighted by atomic mass is 35.5. The summed E-state index contributed by atoms with van der Waals surface area (Å²) in [5.41, 5.74) is 0.833. The summed E-state index contributed by atoms with van der Waals surface area (Å²) in [6.45, 7) is 2.17. The summed E-state index contributed by atoms with van der Waals surface area (Å²) in [6.07, 6.45) is 1.63. The largest absolute Gasteiger partial charge is 0.366 e. The van der Waals surface area contributed by atoms with Crippen LogP contribution in [0.2, 0.25) is 10.0 Å². The molecule has 0 aliphatic carbocycles. The van der Waals surface area contributed by atoms with Crippen molar-refractivity contribution >= 4 is 50.5 Å². The molecule has 0 unspecified atom stereocenters. The summed E-state index contributed by atoms with van der Waals surface area (Å²) < 4.78 is 39.7. The molecule has 3 rings (SSSR count). The van der Waals surface area contributed by atoms with Crippen LogP contribution in [0.5, 0.6) is 0 Å². The number of piperazine rings is 1. The molecule has 0 saturated carbocycles. The van der Waals surface area contributed by atoms with E-state index in [0.717, 1.165) is 6.26 Å². The van der Waals surface area contributed by atoms with E-state index >= 15 is 0 Å². The van der Waals surface area contributed by atoms with Crippen molar-refractivity contribution in [2.45, 2.75) is 12.8 Å². The van der Waals surface area contributed by atoms with Gasteiger partial charge in [0.15, 0.2) is 0 Å². The first-order chi connectivity index (χ1) is 14.7. The quantitative estimate of drug-likeness (QED) is 0.591. The number of carbonyl (C=O) groups excluding carboxylic acids is 1. The minimum Gasteiger partial charge on any atom is -0.366 e. The molecule has 2 aromatic rings. The average molecular weight is 488 g/mol. The van der Waals surface area contributed by atoms with E-state index in [9.17, 15) is 17.6 Å². The highest BCUT2D eigenvalue weighted by molar-refractivity contribution is 7.92. The lowest BCUT2D eigenvalue weighted by molar-refractivity contribution is -0.131. The topological polar surface area (TPSA) is 60.9 Å². The molecule has 10 heteroatoms. The monoisotopic (exact) mass is 487 g/mol. The van der Waals surface area contributed by atoms with Gasteiger partial charge in [-0.3, -0.25) is 9.10 Å². The van der Waals surface area contributed by atoms with Gasteiger partial charge in [0, 0.05) is 44.2 Å². The van der Waals surface area contributed by atoms with Gasteiger partial charge in [-0.1, -0.05) is 35.3 Å². The lowest BCUT2D eigenvalue weighted by Gasteiger charge is -2.36. The lowest BCUT2D eigenvalue weighted by atomic mass is 10.2. The molecule has 0 N–H and O–H groups in total. The normalized spacial score (nSPS) is 14.6. The third-order valence-electron chi connectivity index (χ3n) is 5.15. The van der Waals surface area contributed by atoms with Crippen LogP contribution in [0.15, 0.2) is 42.5 Å². The maximum Gasteiger partial charge on any atom is 0.232 e. The number of amides is 1. The van der Waals surface area contributed by atoms with E-state index in [-0.39, 0.29) is 29.7 Å². The zero-order chi connectivity index (χ0) is 22.6. The van der Waals surface area contributed by atoms with Gasteiger partial charge in [0.2, 0.25) is 15.9 Å². The Bertz CT molecular complexity index is 1040. The fraction of sp³-hybridized carbons (Fsp3) is 0.381. The molecule has 0 radical (unpaired) electrons. The Morgan fingerprint density at radius 1 is 1.10 bits per heavy atom. The van der Waals surface area contributed by atoms with Crippen LogP contribution in [-0.4, -0.2) is 58.2 Å². The summed E-state index contributed by atoms with van der Waals surface area (Å²) in [5, 5.41) is 0.641. The van der Waals surface area contributed by atoms with Crippen molar-refractivity contribution in [1.82, 2.24) is 4.90 Å². The first kappa shape index (κ1) is 23.6. The summed E-state index contributed by atoms with van der Waals surface area (Å²) in [6, 6.07) is 11.2. The van der Waals surface area contributed by atoms with E-state index in [2.05, 4.69) is 0 Å². The molecule has 1 heterocycles. The number of benzene rings is 2. The predicted molar refractivity (Wildman–Crippen MR) is 123 cm³/mol. The molecule has 1 aliphatic heterocycles. The van der Waals surface area contributed by atoms with Gasteiger partial charge < -0.3 is 9.80 Å². The molecule has 0 atom stereocenters. The van der Waals surface area contributed by atoms with Crippen molar-refractivity contribution in [3.05, 3.63) is 58.3 Å².